The molecule has 0 radical (unpaired) electrons. The maximum atomic E-state index is 9.02. The van der Waals surface area contributed by atoms with Gasteiger partial charge in [-0.25, -0.2) is 8.42 Å². The second-order valence-electron chi connectivity index (χ2n) is 2.30. The highest BCUT2D eigenvalue weighted by Crippen LogP contribution is 2.02. The smallest absolute Gasteiger partial charge is 0.193 e. The van der Waals surface area contributed by atoms with Crippen molar-refractivity contribution in [1.29, 1.82) is 0 Å². The van der Waals surface area contributed by atoms with Crippen molar-refractivity contribution in [3.05, 3.63) is 35.4 Å². The third-order valence-electron chi connectivity index (χ3n) is 1.43. The van der Waals surface area contributed by atoms with E-state index in [1.165, 1.54) is 32.3 Å². The second-order valence-corrected chi connectivity index (χ2v) is 5.09. The number of aryl methyl sites for hydroxylation is 2. The molecule has 0 amide bonds. The molecule has 0 atom stereocenters. The summed E-state index contributed by atoms with van der Waals surface area (Å²) in [5, 5.41) is 0. The predicted octanol–water partition coefficient (Wildman–Crippen LogP) is 2.25. The lowest BCUT2D eigenvalue weighted by Gasteiger charge is -1.93. The Morgan fingerprint density at radius 1 is 1.08 bits per heavy atom. The van der Waals surface area contributed by atoms with Gasteiger partial charge in [0.05, 0.1) is 21.2 Å². The van der Waals surface area contributed by atoms with Crippen LogP contribution in [0.4, 0.5) is 0 Å². The van der Waals surface area contributed by atoms with Crippen LogP contribution in [0, 0.1) is 13.8 Å². The van der Waals surface area contributed by atoms with Crippen molar-refractivity contribution >= 4 is 29.1 Å². The summed E-state index contributed by atoms with van der Waals surface area (Å²) in [6, 6.07) is 8.36. The van der Waals surface area contributed by atoms with E-state index in [0.29, 0.717) is 0 Å². The molecule has 1 aromatic carbocycles. The number of halogens is 1. The van der Waals surface area contributed by atoms with Crippen LogP contribution in [-0.4, -0.2) is 8.42 Å². The van der Waals surface area contributed by atoms with Crippen LogP contribution in [-0.2, 0) is 7.88 Å². The average Bonchev–Trinajstić information content (AvgIpc) is 1.94. The second kappa shape index (κ2) is 6.42. The molecule has 2 nitrogen and oxygen atoms in total. The lowest BCUT2D eigenvalue weighted by molar-refractivity contribution is 0.628. The quantitative estimate of drug-likeness (QED) is 0.453. The number of hydrogen-bond donors (Lipinski definition) is 1. The Hall–Kier alpha value is -0.100. The standard InChI is InChI=1S/C8H10.HIO2S/c1-7-5-3-4-6-8(7)2;1-4(2)3/h3-6H,1-2H3;4H. The molecular weight excluding hydrogens is 287 g/mol. The summed E-state index contributed by atoms with van der Waals surface area (Å²) >= 11 is 1.30. The Balaban J connectivity index is 0.000000261. The molecule has 0 saturated heterocycles. The largest absolute Gasteiger partial charge is 0.221 e. The fraction of sp³-hybridized carbons (Fsp3) is 0.250. The summed E-state index contributed by atoms with van der Waals surface area (Å²) < 4.78 is 18.0. The normalized spacial score (nSPS) is 9.00. The number of hydrogen-bond acceptors (Lipinski definition) is 2. The van der Waals surface area contributed by atoms with Crippen LogP contribution in [0.1, 0.15) is 11.1 Å². The summed E-state index contributed by atoms with van der Waals surface area (Å²) in [5.74, 6) is 0. The van der Waals surface area contributed by atoms with Gasteiger partial charge in [0.2, 0.25) is 0 Å². The van der Waals surface area contributed by atoms with Gasteiger partial charge in [-0.3, -0.25) is 0 Å². The molecule has 0 heterocycles. The third kappa shape index (κ3) is 6.60. The van der Waals surface area contributed by atoms with Gasteiger partial charge in [0.25, 0.3) is 0 Å². The van der Waals surface area contributed by atoms with Crippen LogP contribution in [0.2, 0.25) is 0 Å². The lowest BCUT2D eigenvalue weighted by Crippen LogP contribution is -1.74. The maximum absolute atomic E-state index is 9.02. The summed E-state index contributed by atoms with van der Waals surface area (Å²) in [4.78, 5) is 0. The molecule has 0 aliphatic carbocycles. The molecule has 1 rings (SSSR count). The minimum Gasteiger partial charge on any atom is -0.221 e. The molecule has 68 valence electrons. The van der Waals surface area contributed by atoms with Crippen LogP contribution in [0.5, 0.6) is 0 Å². The molecule has 1 aromatic rings. The first-order valence-electron chi connectivity index (χ1n) is 3.36. The Morgan fingerprint density at radius 3 is 1.50 bits per heavy atom. The van der Waals surface area contributed by atoms with E-state index in [9.17, 15) is 0 Å². The van der Waals surface area contributed by atoms with E-state index >= 15 is 0 Å². The van der Waals surface area contributed by atoms with Gasteiger partial charge in [0.1, 0.15) is 0 Å². The topological polar surface area (TPSA) is 34.1 Å². The van der Waals surface area contributed by atoms with Crippen molar-refractivity contribution in [2.75, 3.05) is 0 Å². The van der Waals surface area contributed by atoms with Gasteiger partial charge in [-0.15, -0.1) is 0 Å². The Morgan fingerprint density at radius 2 is 1.33 bits per heavy atom. The van der Waals surface area contributed by atoms with Crippen LogP contribution in [0.25, 0.3) is 0 Å². The van der Waals surface area contributed by atoms with Gasteiger partial charge in [0.15, 0.2) is 7.88 Å². The highest BCUT2D eigenvalue weighted by molar-refractivity contribution is 14.2. The molecule has 0 aliphatic rings. The Kier molecular flexibility index (Phi) is 6.37. The first kappa shape index (κ1) is 11.9. The maximum Gasteiger partial charge on any atom is 0.193 e. The molecule has 0 aromatic heterocycles. The van der Waals surface area contributed by atoms with Crippen LogP contribution < -0.4 is 0 Å². The molecule has 0 fully saturated rings. The molecule has 4 heteroatoms. The van der Waals surface area contributed by atoms with Gasteiger partial charge in [-0.05, 0) is 25.0 Å². The fourth-order valence-corrected chi connectivity index (χ4v) is 0.663. The number of thiol groups is 1. The molecule has 0 unspecified atom stereocenters. The van der Waals surface area contributed by atoms with Crippen molar-refractivity contribution in [3.8, 4) is 0 Å². The Labute approximate surface area is 86.5 Å². The fourth-order valence-electron chi connectivity index (χ4n) is 0.663. The SMILES string of the molecule is Cc1ccccc1C.O=[SH](=O)I. The van der Waals surface area contributed by atoms with Crippen molar-refractivity contribution < 1.29 is 8.42 Å². The summed E-state index contributed by atoms with van der Waals surface area (Å²) in [6.07, 6.45) is 0. The van der Waals surface area contributed by atoms with E-state index < -0.39 is 7.88 Å². The van der Waals surface area contributed by atoms with Crippen molar-refractivity contribution in [2.45, 2.75) is 13.8 Å². The molecule has 0 saturated carbocycles. The van der Waals surface area contributed by atoms with E-state index in [0.717, 1.165) is 0 Å². The lowest BCUT2D eigenvalue weighted by atomic mass is 10.1. The van der Waals surface area contributed by atoms with Gasteiger partial charge in [0, 0.05) is 0 Å². The molecule has 0 aliphatic heterocycles. The zero-order valence-electron chi connectivity index (χ0n) is 6.95. The molecule has 0 spiro atoms. The third-order valence-corrected chi connectivity index (χ3v) is 1.43. The van der Waals surface area contributed by atoms with E-state index in [1.807, 2.05) is 0 Å². The average molecular weight is 298 g/mol. The van der Waals surface area contributed by atoms with E-state index in [4.69, 9.17) is 8.42 Å². The Bertz CT molecular complexity index is 279. The molecule has 12 heavy (non-hydrogen) atoms. The highest BCUT2D eigenvalue weighted by Gasteiger charge is 1.83. The first-order chi connectivity index (χ1) is 5.54. The molecule has 0 bridgehead atoms. The highest BCUT2D eigenvalue weighted by atomic mass is 127. The number of benzene rings is 1. The van der Waals surface area contributed by atoms with E-state index in [1.54, 1.807) is 0 Å². The minimum absolute atomic E-state index is 1.30. The van der Waals surface area contributed by atoms with Gasteiger partial charge in [-0.2, -0.15) is 0 Å². The predicted molar refractivity (Wildman–Crippen MR) is 60.3 cm³/mol. The van der Waals surface area contributed by atoms with Gasteiger partial charge in [-0.1, -0.05) is 24.3 Å². The zero-order valence-corrected chi connectivity index (χ0v) is 10.0. The summed E-state index contributed by atoms with van der Waals surface area (Å²) in [6.45, 7) is 4.24. The van der Waals surface area contributed by atoms with Crippen LogP contribution in [0.3, 0.4) is 0 Å². The van der Waals surface area contributed by atoms with Crippen molar-refractivity contribution in [2.24, 2.45) is 0 Å². The van der Waals surface area contributed by atoms with Gasteiger partial charge < -0.3 is 0 Å². The molecule has 0 N–H and O–H groups in total. The summed E-state index contributed by atoms with van der Waals surface area (Å²) in [5.41, 5.74) is 2.74. The minimum atomic E-state index is -2.15. The van der Waals surface area contributed by atoms with E-state index in [-0.39, 0.29) is 0 Å². The van der Waals surface area contributed by atoms with Crippen molar-refractivity contribution in [3.63, 3.8) is 0 Å². The van der Waals surface area contributed by atoms with Crippen LogP contribution >= 0.6 is 21.2 Å². The van der Waals surface area contributed by atoms with Crippen molar-refractivity contribution in [1.82, 2.24) is 0 Å². The number of rotatable bonds is 0. The zero-order chi connectivity index (χ0) is 9.56. The monoisotopic (exact) mass is 298 g/mol. The summed E-state index contributed by atoms with van der Waals surface area (Å²) in [7, 11) is -2.15. The first-order valence-corrected chi connectivity index (χ1v) is 7.32. The molecular formula is C8H11IO2S. The van der Waals surface area contributed by atoms with Crippen LogP contribution in [0.15, 0.2) is 24.3 Å². The van der Waals surface area contributed by atoms with E-state index in [2.05, 4.69) is 38.1 Å². The van der Waals surface area contributed by atoms with Gasteiger partial charge >= 0.3 is 0 Å².